The van der Waals surface area contributed by atoms with Gasteiger partial charge in [-0.2, -0.15) is 0 Å². The normalized spacial score (nSPS) is 13.0. The zero-order valence-corrected chi connectivity index (χ0v) is 12.1. The van der Waals surface area contributed by atoms with Crippen LogP contribution in [0.5, 0.6) is 5.75 Å². The number of ether oxygens (including phenoxy) is 1. The van der Waals surface area contributed by atoms with Crippen LogP contribution in [0, 0.1) is 0 Å². The molecule has 1 aliphatic rings. The summed E-state index contributed by atoms with van der Waals surface area (Å²) in [6, 6.07) is 7.63. The summed E-state index contributed by atoms with van der Waals surface area (Å²) in [6.07, 6.45) is 4.15. The van der Waals surface area contributed by atoms with E-state index in [1.54, 1.807) is 18.5 Å². The number of rotatable bonds is 5. The number of hydrogen-bond acceptors (Lipinski definition) is 4. The van der Waals surface area contributed by atoms with Crippen molar-refractivity contribution in [1.29, 1.82) is 0 Å². The van der Waals surface area contributed by atoms with E-state index in [4.69, 9.17) is 4.74 Å². The summed E-state index contributed by atoms with van der Waals surface area (Å²) in [5.41, 5.74) is 3.73. The van der Waals surface area contributed by atoms with Crippen LogP contribution in [0.3, 0.4) is 0 Å². The topological polar surface area (TPSA) is 51.2 Å². The second-order valence-electron chi connectivity index (χ2n) is 5.17. The number of hydrogen-bond donors (Lipinski definition) is 1. The molecule has 21 heavy (non-hydrogen) atoms. The van der Waals surface area contributed by atoms with Gasteiger partial charge in [-0.25, -0.2) is 0 Å². The van der Waals surface area contributed by atoms with Gasteiger partial charge in [-0.05, 0) is 29.7 Å². The number of fused-ring (bicyclic) bond motifs is 1. The SMILES string of the molecule is CCCOc1cncc(C(=O)c2ccc3c(c2)CNC3)c1. The summed E-state index contributed by atoms with van der Waals surface area (Å²) in [4.78, 5) is 16.7. The zero-order chi connectivity index (χ0) is 14.7. The van der Waals surface area contributed by atoms with Crippen molar-refractivity contribution in [3.8, 4) is 5.75 Å². The molecule has 0 amide bonds. The third-order valence-electron chi connectivity index (χ3n) is 3.55. The summed E-state index contributed by atoms with van der Waals surface area (Å²) < 4.78 is 5.53. The summed E-state index contributed by atoms with van der Waals surface area (Å²) >= 11 is 0. The molecular weight excluding hydrogens is 264 g/mol. The molecule has 1 aliphatic heterocycles. The predicted octanol–water partition coefficient (Wildman–Crippen LogP) is 2.70. The quantitative estimate of drug-likeness (QED) is 0.857. The maximum absolute atomic E-state index is 12.6. The Kier molecular flexibility index (Phi) is 3.97. The Bertz CT molecular complexity index is 668. The number of aromatic nitrogens is 1. The molecule has 0 bridgehead atoms. The van der Waals surface area contributed by atoms with Crippen LogP contribution in [0.25, 0.3) is 0 Å². The largest absolute Gasteiger partial charge is 0.492 e. The number of ketones is 1. The number of pyridine rings is 1. The smallest absolute Gasteiger partial charge is 0.194 e. The molecule has 2 heterocycles. The molecule has 3 rings (SSSR count). The van der Waals surface area contributed by atoms with E-state index in [1.165, 1.54) is 11.1 Å². The molecule has 0 saturated carbocycles. The van der Waals surface area contributed by atoms with Crippen molar-refractivity contribution >= 4 is 5.78 Å². The minimum absolute atomic E-state index is 0.0147. The fourth-order valence-electron chi connectivity index (χ4n) is 2.44. The number of carbonyl (C=O) groups is 1. The molecule has 0 unspecified atom stereocenters. The molecular formula is C17H18N2O2. The molecule has 4 nitrogen and oxygen atoms in total. The lowest BCUT2D eigenvalue weighted by Crippen LogP contribution is -2.04. The minimum Gasteiger partial charge on any atom is -0.492 e. The summed E-state index contributed by atoms with van der Waals surface area (Å²) in [7, 11) is 0. The van der Waals surface area contributed by atoms with Gasteiger partial charge in [0.25, 0.3) is 0 Å². The standard InChI is InChI=1S/C17H18N2O2/c1-2-5-21-16-7-15(10-19-11-16)17(20)12-3-4-13-8-18-9-14(13)6-12/h3-4,6-7,10-11,18H,2,5,8-9H2,1H3. The van der Waals surface area contributed by atoms with E-state index in [-0.39, 0.29) is 5.78 Å². The Labute approximate surface area is 124 Å². The zero-order valence-electron chi connectivity index (χ0n) is 12.1. The van der Waals surface area contributed by atoms with Gasteiger partial charge in [0.05, 0.1) is 12.8 Å². The molecule has 0 atom stereocenters. The lowest BCUT2D eigenvalue weighted by molar-refractivity contribution is 0.103. The maximum atomic E-state index is 12.6. The van der Waals surface area contributed by atoms with Gasteiger partial charge in [-0.1, -0.05) is 19.1 Å². The van der Waals surface area contributed by atoms with Crippen LogP contribution in [0.15, 0.2) is 36.7 Å². The Morgan fingerprint density at radius 2 is 2.05 bits per heavy atom. The monoisotopic (exact) mass is 282 g/mol. The Hall–Kier alpha value is -2.20. The van der Waals surface area contributed by atoms with Crippen LogP contribution in [-0.2, 0) is 13.1 Å². The molecule has 4 heteroatoms. The van der Waals surface area contributed by atoms with E-state index in [0.29, 0.717) is 23.5 Å². The van der Waals surface area contributed by atoms with Crippen molar-refractivity contribution in [3.63, 3.8) is 0 Å². The fourth-order valence-corrected chi connectivity index (χ4v) is 2.44. The van der Waals surface area contributed by atoms with Gasteiger partial charge in [-0.15, -0.1) is 0 Å². The molecule has 108 valence electrons. The average molecular weight is 282 g/mol. The average Bonchev–Trinajstić information content (AvgIpc) is 3.00. The molecule has 1 aromatic carbocycles. The molecule has 0 radical (unpaired) electrons. The lowest BCUT2D eigenvalue weighted by Gasteiger charge is -2.07. The molecule has 0 aliphatic carbocycles. The second kappa shape index (κ2) is 6.06. The molecule has 0 saturated heterocycles. The Morgan fingerprint density at radius 1 is 1.19 bits per heavy atom. The number of nitrogens with zero attached hydrogens (tertiary/aromatic N) is 1. The van der Waals surface area contributed by atoms with Crippen LogP contribution in [0.4, 0.5) is 0 Å². The highest BCUT2D eigenvalue weighted by molar-refractivity contribution is 6.09. The highest BCUT2D eigenvalue weighted by Crippen LogP contribution is 2.20. The van der Waals surface area contributed by atoms with E-state index in [9.17, 15) is 4.79 Å². The van der Waals surface area contributed by atoms with Gasteiger partial charge in [0.2, 0.25) is 0 Å². The Balaban J connectivity index is 1.84. The fraction of sp³-hybridized carbons (Fsp3) is 0.294. The first kappa shape index (κ1) is 13.8. The minimum atomic E-state index is -0.0147. The van der Waals surface area contributed by atoms with E-state index in [1.807, 2.05) is 25.1 Å². The van der Waals surface area contributed by atoms with Crippen molar-refractivity contribution < 1.29 is 9.53 Å². The van der Waals surface area contributed by atoms with Crippen LogP contribution >= 0.6 is 0 Å². The van der Waals surface area contributed by atoms with Gasteiger partial charge in [0, 0.05) is 30.4 Å². The van der Waals surface area contributed by atoms with Gasteiger partial charge >= 0.3 is 0 Å². The van der Waals surface area contributed by atoms with Crippen molar-refractivity contribution in [2.24, 2.45) is 0 Å². The van der Waals surface area contributed by atoms with Crippen molar-refractivity contribution in [3.05, 3.63) is 58.9 Å². The van der Waals surface area contributed by atoms with Gasteiger partial charge < -0.3 is 10.1 Å². The predicted molar refractivity (Wildman–Crippen MR) is 80.4 cm³/mol. The molecule has 0 fully saturated rings. The number of carbonyl (C=O) groups excluding carboxylic acids is 1. The van der Waals surface area contributed by atoms with Crippen molar-refractivity contribution in [1.82, 2.24) is 10.3 Å². The van der Waals surface area contributed by atoms with Gasteiger partial charge in [-0.3, -0.25) is 9.78 Å². The van der Waals surface area contributed by atoms with E-state index < -0.39 is 0 Å². The van der Waals surface area contributed by atoms with E-state index in [0.717, 1.165) is 19.5 Å². The third kappa shape index (κ3) is 2.95. The van der Waals surface area contributed by atoms with Crippen LogP contribution in [-0.4, -0.2) is 17.4 Å². The molecule has 0 spiro atoms. The van der Waals surface area contributed by atoms with Crippen LogP contribution in [0.2, 0.25) is 0 Å². The van der Waals surface area contributed by atoms with E-state index in [2.05, 4.69) is 10.3 Å². The summed E-state index contributed by atoms with van der Waals surface area (Å²) in [5, 5.41) is 3.28. The van der Waals surface area contributed by atoms with Gasteiger partial charge in [0.1, 0.15) is 5.75 Å². The first-order valence-corrected chi connectivity index (χ1v) is 7.23. The number of nitrogens with one attached hydrogen (secondary N) is 1. The Morgan fingerprint density at radius 3 is 2.90 bits per heavy atom. The molecule has 1 aromatic heterocycles. The number of benzene rings is 1. The second-order valence-corrected chi connectivity index (χ2v) is 5.17. The maximum Gasteiger partial charge on any atom is 0.194 e. The molecule has 2 aromatic rings. The third-order valence-corrected chi connectivity index (χ3v) is 3.55. The highest BCUT2D eigenvalue weighted by Gasteiger charge is 2.15. The molecule has 1 N–H and O–H groups in total. The van der Waals surface area contributed by atoms with Gasteiger partial charge in [0.15, 0.2) is 5.78 Å². The summed E-state index contributed by atoms with van der Waals surface area (Å²) in [5.74, 6) is 0.629. The first-order chi connectivity index (χ1) is 10.3. The first-order valence-electron chi connectivity index (χ1n) is 7.23. The van der Waals surface area contributed by atoms with Crippen LogP contribution < -0.4 is 10.1 Å². The van der Waals surface area contributed by atoms with E-state index >= 15 is 0 Å². The lowest BCUT2D eigenvalue weighted by atomic mass is 10.0. The van der Waals surface area contributed by atoms with Crippen molar-refractivity contribution in [2.45, 2.75) is 26.4 Å². The highest BCUT2D eigenvalue weighted by atomic mass is 16.5. The van der Waals surface area contributed by atoms with Crippen molar-refractivity contribution in [2.75, 3.05) is 6.61 Å². The van der Waals surface area contributed by atoms with Crippen LogP contribution in [0.1, 0.15) is 40.4 Å². The summed E-state index contributed by atoms with van der Waals surface area (Å²) in [6.45, 7) is 4.38.